The summed E-state index contributed by atoms with van der Waals surface area (Å²) in [7, 11) is 3.42. The third-order valence-corrected chi connectivity index (χ3v) is 5.75. The van der Waals surface area contributed by atoms with Crippen LogP contribution in [-0.4, -0.2) is 43.6 Å². The first-order valence-electron chi connectivity index (χ1n) is 8.88. The van der Waals surface area contributed by atoms with Crippen LogP contribution in [0.1, 0.15) is 22.3 Å². The third kappa shape index (κ3) is 4.28. The van der Waals surface area contributed by atoms with Crippen molar-refractivity contribution in [2.75, 3.05) is 33.6 Å². The zero-order valence-electron chi connectivity index (χ0n) is 15.9. The lowest BCUT2D eigenvalue weighted by molar-refractivity contribution is 0.409. The Bertz CT molecular complexity index is 865. The van der Waals surface area contributed by atoms with Crippen LogP contribution in [0.3, 0.4) is 0 Å². The van der Waals surface area contributed by atoms with Crippen molar-refractivity contribution in [3.05, 3.63) is 58.7 Å². The molecule has 2 aliphatic heterocycles. The van der Waals surface area contributed by atoms with E-state index in [1.165, 1.54) is 16.7 Å². The number of methoxy groups -OCH3 is 2. The number of rotatable bonds is 2. The maximum atomic E-state index is 5.34. The fraction of sp³-hybridized carbons (Fsp3) is 0.333. The van der Waals surface area contributed by atoms with Crippen LogP contribution in [0.25, 0.3) is 0 Å². The minimum atomic E-state index is 0.833. The SMILES string of the molecule is COc1cccc2c1CCN=C2SC.COc1cccc2c1CCNC2=S. The molecule has 0 spiro atoms. The highest BCUT2D eigenvalue weighted by molar-refractivity contribution is 8.13. The van der Waals surface area contributed by atoms with E-state index in [4.69, 9.17) is 21.7 Å². The topological polar surface area (TPSA) is 42.9 Å². The normalized spacial score (nSPS) is 14.6. The molecule has 1 N–H and O–H groups in total. The molecule has 2 aliphatic rings. The molecule has 2 aromatic rings. The second-order valence-electron chi connectivity index (χ2n) is 6.12. The number of benzene rings is 2. The van der Waals surface area contributed by atoms with Crippen molar-refractivity contribution in [3.63, 3.8) is 0 Å². The molecule has 0 amide bonds. The molecule has 27 heavy (non-hydrogen) atoms. The van der Waals surface area contributed by atoms with E-state index in [9.17, 15) is 0 Å². The summed E-state index contributed by atoms with van der Waals surface area (Å²) in [4.78, 5) is 5.32. The molecule has 0 saturated carbocycles. The molecular formula is C21H24N2O2S2. The molecule has 2 heterocycles. The summed E-state index contributed by atoms with van der Waals surface area (Å²) < 4.78 is 10.6. The van der Waals surface area contributed by atoms with E-state index in [1.54, 1.807) is 26.0 Å². The first-order chi connectivity index (χ1) is 13.2. The minimum Gasteiger partial charge on any atom is -0.496 e. The third-order valence-electron chi connectivity index (χ3n) is 4.65. The van der Waals surface area contributed by atoms with Crippen LogP contribution in [0.15, 0.2) is 41.4 Å². The Morgan fingerprint density at radius 3 is 2.22 bits per heavy atom. The molecule has 0 fully saturated rings. The van der Waals surface area contributed by atoms with Crippen LogP contribution in [0.4, 0.5) is 0 Å². The van der Waals surface area contributed by atoms with Crippen molar-refractivity contribution >= 4 is 34.0 Å². The molecule has 0 aliphatic carbocycles. The van der Waals surface area contributed by atoms with Crippen molar-refractivity contribution in [1.29, 1.82) is 0 Å². The van der Waals surface area contributed by atoms with Crippen LogP contribution >= 0.6 is 24.0 Å². The molecule has 6 heteroatoms. The number of fused-ring (bicyclic) bond motifs is 2. The predicted octanol–water partition coefficient (Wildman–Crippen LogP) is 3.88. The van der Waals surface area contributed by atoms with Crippen LogP contribution in [0.2, 0.25) is 0 Å². The first kappa shape index (κ1) is 19.7. The fourth-order valence-corrected chi connectivity index (χ4v) is 4.29. The number of aliphatic imine (C=N–C) groups is 1. The van der Waals surface area contributed by atoms with Crippen LogP contribution in [0, 0.1) is 0 Å². The standard InChI is InChI=1S/C11H13NOS.C10H11NOS/c1-13-10-5-3-4-9-8(10)6-7-12-11(9)14-2;1-12-9-4-2-3-8-7(9)5-6-11-10(8)13/h3-5H,6-7H2,1-2H3;2-4H,5-6H2,1H3,(H,11,13). The van der Waals surface area contributed by atoms with Crippen molar-refractivity contribution in [2.45, 2.75) is 12.8 Å². The number of thioether (sulfide) groups is 1. The average molecular weight is 401 g/mol. The maximum Gasteiger partial charge on any atom is 0.122 e. The summed E-state index contributed by atoms with van der Waals surface area (Å²) >= 11 is 6.90. The van der Waals surface area contributed by atoms with E-state index in [0.29, 0.717) is 0 Å². The molecule has 142 valence electrons. The smallest absolute Gasteiger partial charge is 0.122 e. The van der Waals surface area contributed by atoms with E-state index >= 15 is 0 Å². The van der Waals surface area contributed by atoms with E-state index < -0.39 is 0 Å². The molecule has 4 rings (SSSR count). The molecule has 0 aromatic heterocycles. The Morgan fingerprint density at radius 2 is 1.59 bits per heavy atom. The van der Waals surface area contributed by atoms with Gasteiger partial charge in [-0.2, -0.15) is 0 Å². The van der Waals surface area contributed by atoms with Gasteiger partial charge < -0.3 is 14.8 Å². The summed E-state index contributed by atoms with van der Waals surface area (Å²) in [6.07, 6.45) is 4.04. The van der Waals surface area contributed by atoms with E-state index in [0.717, 1.165) is 53.0 Å². The molecule has 0 atom stereocenters. The first-order valence-corrected chi connectivity index (χ1v) is 10.5. The van der Waals surface area contributed by atoms with E-state index in [2.05, 4.69) is 22.6 Å². The summed E-state index contributed by atoms with van der Waals surface area (Å²) in [5.41, 5.74) is 4.88. The largest absolute Gasteiger partial charge is 0.496 e. The Kier molecular flexibility index (Phi) is 6.74. The molecule has 2 aromatic carbocycles. The molecule has 0 saturated heterocycles. The number of thiocarbonyl (C=S) groups is 1. The Morgan fingerprint density at radius 1 is 0.963 bits per heavy atom. The van der Waals surface area contributed by atoms with Crippen LogP contribution in [0.5, 0.6) is 11.5 Å². The average Bonchev–Trinajstić information content (AvgIpc) is 2.73. The number of hydrogen-bond donors (Lipinski definition) is 1. The second kappa shape index (κ2) is 9.24. The highest BCUT2D eigenvalue weighted by Crippen LogP contribution is 2.28. The van der Waals surface area contributed by atoms with Gasteiger partial charge in [0.25, 0.3) is 0 Å². The molecule has 0 unspecified atom stereocenters. The van der Waals surface area contributed by atoms with Crippen molar-refractivity contribution < 1.29 is 9.47 Å². The van der Waals surface area contributed by atoms with Crippen molar-refractivity contribution in [2.24, 2.45) is 4.99 Å². The second-order valence-corrected chi connectivity index (χ2v) is 7.32. The van der Waals surface area contributed by atoms with E-state index in [1.807, 2.05) is 30.3 Å². The molecule has 4 nitrogen and oxygen atoms in total. The van der Waals surface area contributed by atoms with Gasteiger partial charge in [-0.3, -0.25) is 4.99 Å². The van der Waals surface area contributed by atoms with Crippen LogP contribution in [-0.2, 0) is 12.8 Å². The van der Waals surface area contributed by atoms with Crippen molar-refractivity contribution in [1.82, 2.24) is 5.32 Å². The lowest BCUT2D eigenvalue weighted by Gasteiger charge is -2.20. The van der Waals surface area contributed by atoms with Gasteiger partial charge in [0.1, 0.15) is 16.5 Å². The van der Waals surface area contributed by atoms with Gasteiger partial charge in [-0.15, -0.1) is 11.8 Å². The Labute approximate surface area is 170 Å². The highest BCUT2D eigenvalue weighted by atomic mass is 32.2. The van der Waals surface area contributed by atoms with Gasteiger partial charge in [0.2, 0.25) is 0 Å². The number of hydrogen-bond acceptors (Lipinski definition) is 5. The Hall–Kier alpha value is -2.05. The fourth-order valence-electron chi connectivity index (χ4n) is 3.37. The van der Waals surface area contributed by atoms with Gasteiger partial charge in [0.05, 0.1) is 19.3 Å². The van der Waals surface area contributed by atoms with E-state index in [-0.39, 0.29) is 0 Å². The summed E-state index contributed by atoms with van der Waals surface area (Å²) in [5.74, 6) is 1.94. The summed E-state index contributed by atoms with van der Waals surface area (Å²) in [6.45, 7) is 1.79. The minimum absolute atomic E-state index is 0.833. The van der Waals surface area contributed by atoms with Gasteiger partial charge in [-0.05, 0) is 31.2 Å². The van der Waals surface area contributed by atoms with Crippen molar-refractivity contribution in [3.8, 4) is 11.5 Å². The van der Waals surface area contributed by atoms with Gasteiger partial charge in [0, 0.05) is 35.3 Å². The van der Waals surface area contributed by atoms with Gasteiger partial charge >= 0.3 is 0 Å². The number of ether oxygens (including phenoxy) is 2. The highest BCUT2D eigenvalue weighted by Gasteiger charge is 2.17. The van der Waals surface area contributed by atoms with Crippen LogP contribution < -0.4 is 14.8 Å². The van der Waals surface area contributed by atoms with Gasteiger partial charge in [0.15, 0.2) is 0 Å². The molecule has 0 bridgehead atoms. The quantitative estimate of drug-likeness (QED) is 0.775. The molecular weight excluding hydrogens is 376 g/mol. The lowest BCUT2D eigenvalue weighted by atomic mass is 10.00. The summed E-state index contributed by atoms with van der Waals surface area (Å²) in [5, 5.41) is 4.30. The predicted molar refractivity (Wildman–Crippen MR) is 118 cm³/mol. The Balaban J connectivity index is 0.000000156. The van der Waals surface area contributed by atoms with Gasteiger partial charge in [-0.25, -0.2) is 0 Å². The zero-order valence-corrected chi connectivity index (χ0v) is 17.5. The zero-order chi connectivity index (χ0) is 19.2. The molecule has 0 radical (unpaired) electrons. The van der Waals surface area contributed by atoms with Gasteiger partial charge in [-0.1, -0.05) is 36.5 Å². The maximum absolute atomic E-state index is 5.34. The monoisotopic (exact) mass is 400 g/mol. The lowest BCUT2D eigenvalue weighted by Crippen LogP contribution is -2.31. The summed E-state index contributed by atoms with van der Waals surface area (Å²) in [6, 6.07) is 12.1. The number of nitrogens with one attached hydrogen (secondary N) is 1. The number of nitrogens with zero attached hydrogens (tertiary/aromatic N) is 1.